The number of nitrogens with one attached hydrogen (secondary N) is 1. The number of aryl methyl sites for hydroxylation is 2. The summed E-state index contributed by atoms with van der Waals surface area (Å²) in [6.45, 7) is 3.96. The van der Waals surface area contributed by atoms with E-state index in [1.54, 1.807) is 0 Å². The fourth-order valence-corrected chi connectivity index (χ4v) is 4.15. The summed E-state index contributed by atoms with van der Waals surface area (Å²) in [5.74, 6) is 1.40. The Bertz CT molecular complexity index is 776. The van der Waals surface area contributed by atoms with Gasteiger partial charge in [0.1, 0.15) is 17.5 Å². The fraction of sp³-hybridized carbons (Fsp3) is 0.438. The first-order chi connectivity index (χ1) is 10.1. The summed E-state index contributed by atoms with van der Waals surface area (Å²) in [6, 6.07) is 2.27. The topological polar surface area (TPSA) is 91.4 Å². The summed E-state index contributed by atoms with van der Waals surface area (Å²) in [7, 11) is 0. The van der Waals surface area contributed by atoms with Crippen LogP contribution in [-0.4, -0.2) is 15.2 Å². The maximum absolute atomic E-state index is 9.58. The molecule has 2 aromatic heterocycles. The average Bonchev–Trinajstić information content (AvgIpc) is 3.13. The number of nitriles is 1. The highest BCUT2D eigenvalue weighted by Crippen LogP contribution is 2.56. The van der Waals surface area contributed by atoms with Crippen LogP contribution in [0, 0.1) is 25.2 Å². The molecule has 21 heavy (non-hydrogen) atoms. The van der Waals surface area contributed by atoms with Gasteiger partial charge in [-0.05, 0) is 44.6 Å². The molecular weight excluding hydrogens is 262 g/mol. The predicted octanol–water partition coefficient (Wildman–Crippen LogP) is 2.91. The number of hydrogen-bond donors (Lipinski definition) is 2. The highest BCUT2D eigenvalue weighted by Gasteiger charge is 2.42. The van der Waals surface area contributed by atoms with Crippen LogP contribution in [-0.2, 0) is 0 Å². The summed E-state index contributed by atoms with van der Waals surface area (Å²) in [4.78, 5) is 4.56. The fourth-order valence-electron chi connectivity index (χ4n) is 4.15. The Balaban J connectivity index is 2.11. The molecule has 0 saturated heterocycles. The Hall–Kier alpha value is -2.35. The van der Waals surface area contributed by atoms with Gasteiger partial charge in [0.05, 0.1) is 11.4 Å². The molecule has 5 nitrogen and oxygen atoms in total. The highest BCUT2D eigenvalue weighted by molar-refractivity contribution is 5.83. The smallest absolute Gasteiger partial charge is 0.142 e. The van der Waals surface area contributed by atoms with Crippen LogP contribution in [0.4, 0.5) is 5.82 Å². The Morgan fingerprint density at radius 1 is 1.24 bits per heavy atom. The third-order valence-electron chi connectivity index (χ3n) is 5.01. The standard InChI is InChI=1S/C16H17N5/c1-7-12(8(2)21-20-7)14-11(6-17)16(18)19-15-10-4-3-9(5-10)13(14)15/h9-10H,3-5H2,1-2H3,(H2,18,19)(H,20,21)/t9-,10+/m1/s1. The number of rotatable bonds is 1. The average molecular weight is 279 g/mol. The number of pyridine rings is 1. The van der Waals surface area contributed by atoms with E-state index in [1.807, 2.05) is 13.8 Å². The molecule has 0 amide bonds. The lowest BCUT2D eigenvalue weighted by Crippen LogP contribution is -2.09. The second-order valence-corrected chi connectivity index (χ2v) is 6.17. The molecule has 3 N–H and O–H groups in total. The summed E-state index contributed by atoms with van der Waals surface area (Å²) < 4.78 is 0. The number of nitrogen functional groups attached to an aromatic ring is 1. The van der Waals surface area contributed by atoms with Gasteiger partial charge >= 0.3 is 0 Å². The van der Waals surface area contributed by atoms with Crippen molar-refractivity contribution in [1.29, 1.82) is 5.26 Å². The molecule has 106 valence electrons. The maximum atomic E-state index is 9.58. The predicted molar refractivity (Wildman–Crippen MR) is 79.8 cm³/mol. The van der Waals surface area contributed by atoms with E-state index in [2.05, 4.69) is 21.3 Å². The molecule has 2 aliphatic rings. The van der Waals surface area contributed by atoms with Gasteiger partial charge < -0.3 is 5.73 Å². The number of H-pyrrole nitrogens is 1. The van der Waals surface area contributed by atoms with Crippen molar-refractivity contribution in [1.82, 2.24) is 15.2 Å². The van der Waals surface area contributed by atoms with Crippen LogP contribution in [0.5, 0.6) is 0 Å². The lowest BCUT2D eigenvalue weighted by Gasteiger charge is -2.20. The van der Waals surface area contributed by atoms with Gasteiger partial charge in [-0.3, -0.25) is 5.10 Å². The minimum Gasteiger partial charge on any atom is -0.383 e. The first-order valence-corrected chi connectivity index (χ1v) is 7.37. The van der Waals surface area contributed by atoms with Crippen molar-refractivity contribution in [2.45, 2.75) is 44.9 Å². The first kappa shape index (κ1) is 12.4. The van der Waals surface area contributed by atoms with E-state index in [9.17, 15) is 5.26 Å². The Morgan fingerprint density at radius 3 is 2.67 bits per heavy atom. The lowest BCUT2D eigenvalue weighted by molar-refractivity contribution is 0.699. The van der Waals surface area contributed by atoms with E-state index < -0.39 is 0 Å². The number of nitrogens with two attached hydrogens (primary N) is 1. The van der Waals surface area contributed by atoms with Crippen LogP contribution in [0.25, 0.3) is 11.1 Å². The summed E-state index contributed by atoms with van der Waals surface area (Å²) in [5.41, 5.74) is 12.9. The summed E-state index contributed by atoms with van der Waals surface area (Å²) in [6.07, 6.45) is 3.54. The molecule has 0 aliphatic heterocycles. The molecule has 4 rings (SSSR count). The minimum absolute atomic E-state index is 0.360. The van der Waals surface area contributed by atoms with Crippen LogP contribution in [0.15, 0.2) is 0 Å². The van der Waals surface area contributed by atoms with Crippen molar-refractivity contribution < 1.29 is 0 Å². The molecular formula is C16H17N5. The Morgan fingerprint density at radius 2 is 2.00 bits per heavy atom. The van der Waals surface area contributed by atoms with E-state index >= 15 is 0 Å². The van der Waals surface area contributed by atoms with Crippen molar-refractivity contribution in [3.63, 3.8) is 0 Å². The van der Waals surface area contributed by atoms with Crippen LogP contribution in [0.1, 0.15) is 59.3 Å². The molecule has 0 unspecified atom stereocenters. The van der Waals surface area contributed by atoms with Crippen molar-refractivity contribution in [2.75, 3.05) is 5.73 Å². The summed E-state index contributed by atoms with van der Waals surface area (Å²) in [5, 5.41) is 16.9. The zero-order valence-electron chi connectivity index (χ0n) is 12.2. The van der Waals surface area contributed by atoms with Gasteiger partial charge in [0.25, 0.3) is 0 Å². The third-order valence-corrected chi connectivity index (χ3v) is 5.01. The van der Waals surface area contributed by atoms with Gasteiger partial charge in [0, 0.05) is 22.7 Å². The van der Waals surface area contributed by atoms with Gasteiger partial charge in [-0.15, -0.1) is 0 Å². The maximum Gasteiger partial charge on any atom is 0.142 e. The molecule has 2 aromatic rings. The molecule has 1 saturated carbocycles. The summed E-state index contributed by atoms with van der Waals surface area (Å²) >= 11 is 0. The SMILES string of the molecule is Cc1n[nH]c(C)c1-c1c(C#N)c(N)nc2c1[C@@H]1CC[C@H]2C1. The number of aromatic nitrogens is 3. The van der Waals surface area contributed by atoms with Crippen molar-refractivity contribution in [3.8, 4) is 17.2 Å². The van der Waals surface area contributed by atoms with Gasteiger partial charge in [0.2, 0.25) is 0 Å². The van der Waals surface area contributed by atoms with Gasteiger partial charge in [0.15, 0.2) is 0 Å². The van der Waals surface area contributed by atoms with Crippen molar-refractivity contribution in [2.24, 2.45) is 0 Å². The number of anilines is 1. The lowest BCUT2D eigenvalue weighted by atomic mass is 9.85. The van der Waals surface area contributed by atoms with Crippen molar-refractivity contribution in [3.05, 3.63) is 28.2 Å². The minimum atomic E-state index is 0.360. The quantitative estimate of drug-likeness (QED) is 0.839. The van der Waals surface area contributed by atoms with Crippen LogP contribution in [0.2, 0.25) is 0 Å². The second-order valence-electron chi connectivity index (χ2n) is 6.17. The largest absolute Gasteiger partial charge is 0.383 e. The molecule has 0 radical (unpaired) electrons. The van der Waals surface area contributed by atoms with Crippen LogP contribution < -0.4 is 5.73 Å². The Labute approximate surface area is 123 Å². The highest BCUT2D eigenvalue weighted by atomic mass is 15.1. The molecule has 1 fully saturated rings. The van der Waals surface area contributed by atoms with E-state index in [1.165, 1.54) is 18.4 Å². The molecule has 2 bridgehead atoms. The molecule has 2 heterocycles. The van der Waals surface area contributed by atoms with Crippen LogP contribution in [0.3, 0.4) is 0 Å². The van der Waals surface area contributed by atoms with Crippen LogP contribution >= 0.6 is 0 Å². The zero-order valence-corrected chi connectivity index (χ0v) is 12.2. The number of fused-ring (bicyclic) bond motifs is 5. The molecule has 0 spiro atoms. The molecule has 0 aromatic carbocycles. The van der Waals surface area contributed by atoms with Crippen molar-refractivity contribution >= 4 is 5.82 Å². The van der Waals surface area contributed by atoms with Gasteiger partial charge in [-0.25, -0.2) is 4.98 Å². The first-order valence-electron chi connectivity index (χ1n) is 7.37. The number of nitrogens with zero attached hydrogens (tertiary/aromatic N) is 3. The molecule has 2 aliphatic carbocycles. The van der Waals surface area contributed by atoms with E-state index in [-0.39, 0.29) is 0 Å². The molecule has 5 heteroatoms. The normalized spacial score (nSPS) is 22.3. The zero-order chi connectivity index (χ0) is 14.7. The molecule has 2 atom stereocenters. The van der Waals surface area contributed by atoms with Gasteiger partial charge in [-0.2, -0.15) is 10.4 Å². The number of hydrogen-bond acceptors (Lipinski definition) is 4. The number of aromatic amines is 1. The Kier molecular flexibility index (Phi) is 2.41. The van der Waals surface area contributed by atoms with E-state index in [0.29, 0.717) is 23.2 Å². The second kappa shape index (κ2) is 4.08. The van der Waals surface area contributed by atoms with Gasteiger partial charge in [-0.1, -0.05) is 0 Å². The third kappa shape index (κ3) is 1.50. The van der Waals surface area contributed by atoms with E-state index in [4.69, 9.17) is 5.73 Å². The monoisotopic (exact) mass is 279 g/mol. The van der Waals surface area contributed by atoms with E-state index in [0.717, 1.165) is 34.6 Å².